The summed E-state index contributed by atoms with van der Waals surface area (Å²) in [5.41, 5.74) is 0.971. The van der Waals surface area contributed by atoms with E-state index in [1.807, 2.05) is 48.6 Å². The smallest absolute Gasteiger partial charge is 0.305 e. The van der Waals surface area contributed by atoms with Gasteiger partial charge in [-0.05, 0) is 25.8 Å². The quantitative estimate of drug-likeness (QED) is 0.206. The highest BCUT2D eigenvalue weighted by atomic mass is 16.5. The summed E-state index contributed by atoms with van der Waals surface area (Å²) in [7, 11) is 0. The van der Waals surface area contributed by atoms with Gasteiger partial charge in [0, 0.05) is 12.0 Å². The van der Waals surface area contributed by atoms with Crippen molar-refractivity contribution in [2.24, 2.45) is 0 Å². The van der Waals surface area contributed by atoms with E-state index in [4.69, 9.17) is 9.47 Å². The molecule has 0 spiro atoms. The minimum absolute atomic E-state index is 0.186. The molecule has 0 radical (unpaired) electrons. The van der Waals surface area contributed by atoms with Gasteiger partial charge in [-0.25, -0.2) is 0 Å². The first-order valence-electron chi connectivity index (χ1n) is 11.1. The van der Waals surface area contributed by atoms with Crippen molar-refractivity contribution in [1.82, 2.24) is 0 Å². The zero-order chi connectivity index (χ0) is 21.2. The van der Waals surface area contributed by atoms with Crippen molar-refractivity contribution in [2.75, 3.05) is 13.2 Å². The average molecular weight is 403 g/mol. The van der Waals surface area contributed by atoms with Crippen LogP contribution in [-0.2, 0) is 9.53 Å². The van der Waals surface area contributed by atoms with Crippen LogP contribution in [0.3, 0.4) is 0 Å². The van der Waals surface area contributed by atoms with Crippen LogP contribution in [0.15, 0.2) is 42.5 Å². The predicted octanol–water partition coefficient (Wildman–Crippen LogP) is 6.09. The van der Waals surface area contributed by atoms with E-state index in [1.165, 1.54) is 32.1 Å². The zero-order valence-corrected chi connectivity index (χ0v) is 18.1. The molecular weight excluding hydrogens is 364 g/mol. The number of aliphatic hydroxyl groups is 1. The molecule has 0 heterocycles. The van der Waals surface area contributed by atoms with E-state index in [2.05, 4.69) is 6.92 Å². The number of carbonyl (C=O) groups is 1. The summed E-state index contributed by atoms with van der Waals surface area (Å²) in [6.45, 7) is 4.91. The van der Waals surface area contributed by atoms with Gasteiger partial charge in [0.1, 0.15) is 5.75 Å². The summed E-state index contributed by atoms with van der Waals surface area (Å²) in [4.78, 5) is 11.4. The average Bonchev–Trinajstić information content (AvgIpc) is 2.72. The maximum absolute atomic E-state index is 11.4. The van der Waals surface area contributed by atoms with E-state index < -0.39 is 0 Å². The molecule has 0 fully saturated rings. The summed E-state index contributed by atoms with van der Waals surface area (Å²) >= 11 is 0. The summed E-state index contributed by atoms with van der Waals surface area (Å²) in [5, 5.41) is 10.0. The lowest BCUT2D eigenvalue weighted by Gasteiger charge is -2.09. The largest absolute Gasteiger partial charge is 0.493 e. The third kappa shape index (κ3) is 12.9. The van der Waals surface area contributed by atoms with Crippen LogP contribution in [0.25, 0.3) is 6.08 Å². The molecule has 29 heavy (non-hydrogen) atoms. The fourth-order valence-corrected chi connectivity index (χ4v) is 2.96. The number of hydrogen-bond donors (Lipinski definition) is 1. The Morgan fingerprint density at radius 3 is 2.59 bits per heavy atom. The molecule has 0 aliphatic heterocycles. The van der Waals surface area contributed by atoms with Gasteiger partial charge in [0.25, 0.3) is 0 Å². The van der Waals surface area contributed by atoms with Gasteiger partial charge in [0.05, 0.1) is 19.3 Å². The van der Waals surface area contributed by atoms with Crippen LogP contribution < -0.4 is 4.74 Å². The lowest BCUT2D eigenvalue weighted by Crippen LogP contribution is -2.07. The first kappa shape index (κ1) is 25.0. The highest BCUT2D eigenvalue weighted by Crippen LogP contribution is 2.20. The maximum Gasteiger partial charge on any atom is 0.305 e. The molecule has 0 aliphatic carbocycles. The van der Waals surface area contributed by atoms with Gasteiger partial charge in [-0.3, -0.25) is 4.79 Å². The number of carbonyl (C=O) groups excluding carboxylic acids is 1. The SMILES string of the molecule is CCCCCCCCC(O)C=C/C=C/c1ccccc1OCCCC(=O)OCC. The number of ether oxygens (including phenoxy) is 2. The molecule has 1 aromatic rings. The van der Waals surface area contributed by atoms with Gasteiger partial charge < -0.3 is 14.6 Å². The molecule has 0 saturated carbocycles. The number of benzene rings is 1. The summed E-state index contributed by atoms with van der Waals surface area (Å²) in [6, 6.07) is 7.79. The Morgan fingerprint density at radius 1 is 1.03 bits per heavy atom. The van der Waals surface area contributed by atoms with E-state index in [-0.39, 0.29) is 12.1 Å². The van der Waals surface area contributed by atoms with Crippen molar-refractivity contribution in [3.63, 3.8) is 0 Å². The zero-order valence-electron chi connectivity index (χ0n) is 18.1. The Hall–Kier alpha value is -2.07. The summed E-state index contributed by atoms with van der Waals surface area (Å²) < 4.78 is 10.7. The van der Waals surface area contributed by atoms with Crippen molar-refractivity contribution in [2.45, 2.75) is 77.7 Å². The number of esters is 1. The predicted molar refractivity (Wildman–Crippen MR) is 120 cm³/mol. The molecule has 0 amide bonds. The van der Waals surface area contributed by atoms with Gasteiger partial charge in [-0.15, -0.1) is 0 Å². The normalized spacial score (nSPS) is 12.5. The topological polar surface area (TPSA) is 55.8 Å². The maximum atomic E-state index is 11.4. The van der Waals surface area contributed by atoms with E-state index in [1.54, 1.807) is 6.92 Å². The first-order chi connectivity index (χ1) is 14.2. The standard InChI is InChI=1S/C25H38O4/c1-3-5-6-7-8-9-17-23(26)18-12-10-15-22-16-11-13-19-24(22)29-21-14-20-25(27)28-4-2/h10-13,15-16,18-19,23,26H,3-9,14,17,20-21H2,1-2H3/b15-10+,18-12?. The second kappa shape index (κ2) is 16.8. The monoisotopic (exact) mass is 402 g/mol. The van der Waals surface area contributed by atoms with Crippen LogP contribution in [0.5, 0.6) is 5.75 Å². The molecular formula is C25H38O4. The van der Waals surface area contributed by atoms with Crippen molar-refractivity contribution in [3.8, 4) is 5.75 Å². The van der Waals surface area contributed by atoms with Crippen LogP contribution >= 0.6 is 0 Å². The third-order valence-corrected chi connectivity index (χ3v) is 4.58. The van der Waals surface area contributed by atoms with E-state index >= 15 is 0 Å². The van der Waals surface area contributed by atoms with Gasteiger partial charge in [-0.1, -0.05) is 88.0 Å². The highest BCUT2D eigenvalue weighted by molar-refractivity contribution is 5.69. The van der Waals surface area contributed by atoms with Crippen molar-refractivity contribution >= 4 is 12.0 Å². The fourth-order valence-electron chi connectivity index (χ4n) is 2.96. The van der Waals surface area contributed by atoms with Gasteiger partial charge >= 0.3 is 5.97 Å². The minimum atomic E-state index is -0.389. The number of hydrogen-bond acceptors (Lipinski definition) is 4. The molecule has 4 nitrogen and oxygen atoms in total. The lowest BCUT2D eigenvalue weighted by molar-refractivity contribution is -0.143. The van der Waals surface area contributed by atoms with E-state index in [9.17, 15) is 9.90 Å². The molecule has 162 valence electrons. The van der Waals surface area contributed by atoms with Crippen LogP contribution in [0, 0.1) is 0 Å². The minimum Gasteiger partial charge on any atom is -0.493 e. The molecule has 0 aromatic heterocycles. The van der Waals surface area contributed by atoms with Crippen molar-refractivity contribution in [1.29, 1.82) is 0 Å². The number of aliphatic hydroxyl groups excluding tert-OH is 1. The Bertz CT molecular complexity index is 607. The number of rotatable bonds is 16. The Balaban J connectivity index is 2.34. The van der Waals surface area contributed by atoms with Crippen molar-refractivity contribution < 1.29 is 19.4 Å². The molecule has 4 heteroatoms. The molecule has 0 aliphatic rings. The van der Waals surface area contributed by atoms with Crippen LogP contribution in [0.4, 0.5) is 0 Å². The van der Waals surface area contributed by atoms with Gasteiger partial charge in [0.15, 0.2) is 0 Å². The molecule has 0 saturated heterocycles. The fraction of sp³-hybridized carbons (Fsp3) is 0.560. The molecule has 1 aromatic carbocycles. The third-order valence-electron chi connectivity index (χ3n) is 4.58. The molecule has 1 rings (SSSR count). The van der Waals surface area contributed by atoms with Gasteiger partial charge in [-0.2, -0.15) is 0 Å². The summed E-state index contributed by atoms with van der Waals surface area (Å²) in [6.07, 6.45) is 16.4. The second-order valence-electron chi connectivity index (χ2n) is 7.16. The van der Waals surface area contributed by atoms with Crippen LogP contribution in [0.2, 0.25) is 0 Å². The van der Waals surface area contributed by atoms with Crippen LogP contribution in [-0.4, -0.2) is 30.4 Å². The second-order valence-corrected chi connectivity index (χ2v) is 7.16. The molecule has 1 atom stereocenters. The van der Waals surface area contributed by atoms with E-state index in [0.29, 0.717) is 26.1 Å². The molecule has 0 bridgehead atoms. The van der Waals surface area contributed by atoms with E-state index in [0.717, 1.165) is 24.2 Å². The number of allylic oxidation sites excluding steroid dienone is 2. The lowest BCUT2D eigenvalue weighted by atomic mass is 10.1. The van der Waals surface area contributed by atoms with Crippen molar-refractivity contribution in [3.05, 3.63) is 48.1 Å². The number of para-hydroxylation sites is 1. The van der Waals surface area contributed by atoms with Gasteiger partial charge in [0.2, 0.25) is 0 Å². The highest BCUT2D eigenvalue weighted by Gasteiger charge is 2.03. The first-order valence-corrected chi connectivity index (χ1v) is 11.1. The van der Waals surface area contributed by atoms with Crippen LogP contribution in [0.1, 0.15) is 77.2 Å². The molecule has 1 N–H and O–H groups in total. The number of unbranched alkanes of at least 4 members (excludes halogenated alkanes) is 5. The Labute approximate surface area is 176 Å². The summed E-state index contributed by atoms with van der Waals surface area (Å²) in [5.74, 6) is 0.600. The Kier molecular flexibility index (Phi) is 14.5. The molecule has 1 unspecified atom stereocenters. The Morgan fingerprint density at radius 2 is 1.79 bits per heavy atom.